The molecule has 1 aliphatic rings. The van der Waals surface area contributed by atoms with Crippen molar-refractivity contribution in [2.45, 2.75) is 18.9 Å². The second-order valence-electron chi connectivity index (χ2n) is 6.52. The van der Waals surface area contributed by atoms with Crippen LogP contribution in [0.15, 0.2) is 39.6 Å². The molecule has 1 amide bonds. The van der Waals surface area contributed by atoms with Crippen LogP contribution in [0.25, 0.3) is 15.9 Å². The summed E-state index contributed by atoms with van der Waals surface area (Å²) in [6, 6.07) is 5.87. The molecule has 28 heavy (non-hydrogen) atoms. The number of carbonyl (C=O) groups is 1. The largest absolute Gasteiger partial charge is 0.394 e. The Balaban J connectivity index is 1.93. The molecular weight excluding hydrogens is 454 g/mol. The number of pyridine rings is 1. The molecule has 0 saturated carbocycles. The Morgan fingerprint density at radius 1 is 1.25 bits per heavy atom. The van der Waals surface area contributed by atoms with Crippen LogP contribution >= 0.6 is 27.3 Å². The van der Waals surface area contributed by atoms with Crippen LogP contribution in [-0.2, 0) is 0 Å². The molecule has 1 saturated heterocycles. The monoisotopic (exact) mass is 468 g/mol. The van der Waals surface area contributed by atoms with E-state index < -0.39 is 22.9 Å². The van der Waals surface area contributed by atoms with Gasteiger partial charge in [-0.3, -0.25) is 14.2 Å². The second-order valence-corrected chi connectivity index (χ2v) is 8.31. The quantitative estimate of drug-likeness (QED) is 0.637. The van der Waals surface area contributed by atoms with Gasteiger partial charge in [-0.1, -0.05) is 6.07 Å². The van der Waals surface area contributed by atoms with E-state index in [1.165, 1.54) is 18.2 Å². The fourth-order valence-electron chi connectivity index (χ4n) is 3.53. The van der Waals surface area contributed by atoms with Gasteiger partial charge in [-0.05, 0) is 47.0 Å². The molecule has 1 fully saturated rings. The summed E-state index contributed by atoms with van der Waals surface area (Å²) in [6.07, 6.45) is 1.51. The van der Waals surface area contributed by atoms with Gasteiger partial charge < -0.3 is 10.0 Å². The van der Waals surface area contributed by atoms with Crippen LogP contribution in [0.3, 0.4) is 0 Å². The molecule has 0 unspecified atom stereocenters. The Hall–Kier alpha value is -2.10. The second kappa shape index (κ2) is 7.38. The lowest BCUT2D eigenvalue weighted by Crippen LogP contribution is -2.37. The highest BCUT2D eigenvalue weighted by Crippen LogP contribution is 2.38. The first kappa shape index (κ1) is 19.2. The first-order chi connectivity index (χ1) is 13.4. The number of likely N-dealkylation sites (tertiary alicyclic amines) is 1. The van der Waals surface area contributed by atoms with E-state index in [0.717, 1.165) is 40.9 Å². The number of aliphatic hydroxyl groups excluding tert-OH is 1. The zero-order chi connectivity index (χ0) is 20.0. The van der Waals surface area contributed by atoms with Crippen molar-refractivity contribution in [3.63, 3.8) is 0 Å². The number of fused-ring (bicyclic) bond motifs is 1. The van der Waals surface area contributed by atoms with Crippen LogP contribution in [0.2, 0.25) is 0 Å². The number of aliphatic hydroxyl groups is 1. The molecule has 4 rings (SSSR count). The van der Waals surface area contributed by atoms with E-state index in [0.29, 0.717) is 21.3 Å². The predicted molar refractivity (Wildman–Crippen MR) is 106 cm³/mol. The van der Waals surface area contributed by atoms with Gasteiger partial charge in [0.25, 0.3) is 11.5 Å². The van der Waals surface area contributed by atoms with Gasteiger partial charge in [0.1, 0.15) is 27.0 Å². The summed E-state index contributed by atoms with van der Waals surface area (Å²) in [7, 11) is 0. The average Bonchev–Trinajstić information content (AvgIpc) is 3.27. The van der Waals surface area contributed by atoms with Crippen molar-refractivity contribution in [3.05, 3.63) is 61.7 Å². The maximum atomic E-state index is 14.3. The minimum absolute atomic E-state index is 0.126. The van der Waals surface area contributed by atoms with Gasteiger partial charge in [0, 0.05) is 18.0 Å². The minimum Gasteiger partial charge on any atom is -0.394 e. The van der Waals surface area contributed by atoms with Crippen LogP contribution in [0, 0.1) is 11.6 Å². The molecule has 1 N–H and O–H groups in total. The first-order valence-corrected chi connectivity index (χ1v) is 10.2. The van der Waals surface area contributed by atoms with Crippen LogP contribution in [0.5, 0.6) is 0 Å². The number of hydrogen-bond donors (Lipinski definition) is 1. The maximum absolute atomic E-state index is 14.3. The highest BCUT2D eigenvalue weighted by molar-refractivity contribution is 9.10. The van der Waals surface area contributed by atoms with E-state index in [-0.39, 0.29) is 23.4 Å². The van der Waals surface area contributed by atoms with Gasteiger partial charge in [-0.2, -0.15) is 0 Å². The Labute approximate surface area is 170 Å². The molecule has 1 aliphatic heterocycles. The third-order valence-corrected chi connectivity index (χ3v) is 7.15. The Morgan fingerprint density at radius 2 is 1.96 bits per heavy atom. The van der Waals surface area contributed by atoms with Crippen LogP contribution in [0.1, 0.15) is 22.5 Å². The van der Waals surface area contributed by atoms with E-state index in [1.807, 2.05) is 0 Å². The number of amides is 1. The molecule has 1 atom stereocenters. The Kier molecular flexibility index (Phi) is 5.07. The molecule has 0 spiro atoms. The molecule has 0 aliphatic carbocycles. The summed E-state index contributed by atoms with van der Waals surface area (Å²) in [4.78, 5) is 27.7. The number of rotatable bonds is 3. The van der Waals surface area contributed by atoms with Gasteiger partial charge in [-0.25, -0.2) is 8.78 Å². The molecule has 5 nitrogen and oxygen atoms in total. The van der Waals surface area contributed by atoms with Crippen molar-refractivity contribution in [2.75, 3.05) is 13.2 Å². The lowest BCUT2D eigenvalue weighted by atomic mass is 10.2. The number of halogens is 3. The van der Waals surface area contributed by atoms with E-state index in [4.69, 9.17) is 0 Å². The summed E-state index contributed by atoms with van der Waals surface area (Å²) in [5.74, 6) is -2.02. The standard InChI is InChI=1S/C19H15BrF2N2O3S/c20-15-11-6-7-14(26)24(16-12(21)4-1-5-13(16)22)19(11)28-17(15)18(27)23-8-2-3-10(23)9-25/h1,4-7,10,25H,2-3,8-9H2/t10-/m0/s1. The van der Waals surface area contributed by atoms with Gasteiger partial charge in [-0.15, -0.1) is 11.3 Å². The van der Waals surface area contributed by atoms with Gasteiger partial charge in [0.15, 0.2) is 0 Å². The summed E-state index contributed by atoms with van der Waals surface area (Å²) in [5, 5.41) is 10.0. The molecule has 3 aromatic rings. The van der Waals surface area contributed by atoms with E-state index in [2.05, 4.69) is 15.9 Å². The number of nitrogens with zero attached hydrogens (tertiary/aromatic N) is 2. The summed E-state index contributed by atoms with van der Waals surface area (Å²) < 4.78 is 30.1. The molecule has 3 heterocycles. The normalized spacial score (nSPS) is 16.9. The number of carbonyl (C=O) groups excluding carboxylic acids is 1. The molecule has 9 heteroatoms. The topological polar surface area (TPSA) is 62.5 Å². The lowest BCUT2D eigenvalue weighted by Gasteiger charge is -2.22. The number of aromatic nitrogens is 1. The summed E-state index contributed by atoms with van der Waals surface area (Å²) >= 11 is 4.40. The van der Waals surface area contributed by atoms with Crippen molar-refractivity contribution in [2.24, 2.45) is 0 Å². The molecule has 0 bridgehead atoms. The van der Waals surface area contributed by atoms with Gasteiger partial charge >= 0.3 is 0 Å². The molecule has 1 aromatic carbocycles. The SMILES string of the molecule is O=C(c1sc2c(ccc(=O)n2-c2c(F)cccc2F)c1Br)N1CCC[C@H]1CO. The van der Waals surface area contributed by atoms with Crippen molar-refractivity contribution < 1.29 is 18.7 Å². The van der Waals surface area contributed by atoms with Gasteiger partial charge in [0.05, 0.1) is 17.1 Å². The molecule has 0 radical (unpaired) electrons. The van der Waals surface area contributed by atoms with Crippen molar-refractivity contribution >= 4 is 43.4 Å². The first-order valence-electron chi connectivity index (χ1n) is 8.64. The fourth-order valence-corrected chi connectivity index (χ4v) is 5.54. The Bertz CT molecular complexity index is 1120. The maximum Gasteiger partial charge on any atom is 0.265 e. The van der Waals surface area contributed by atoms with E-state index in [1.54, 1.807) is 4.90 Å². The highest BCUT2D eigenvalue weighted by Gasteiger charge is 2.32. The predicted octanol–water partition coefficient (Wildman–Crippen LogP) is 3.69. The number of thiophene rings is 1. The third-order valence-electron chi connectivity index (χ3n) is 4.89. The van der Waals surface area contributed by atoms with Crippen molar-refractivity contribution in [1.29, 1.82) is 0 Å². The zero-order valence-electron chi connectivity index (χ0n) is 14.5. The third kappa shape index (κ3) is 2.98. The smallest absolute Gasteiger partial charge is 0.265 e. The van der Waals surface area contributed by atoms with Crippen LogP contribution < -0.4 is 5.56 Å². The zero-order valence-corrected chi connectivity index (χ0v) is 16.9. The Morgan fingerprint density at radius 3 is 2.64 bits per heavy atom. The van der Waals surface area contributed by atoms with Gasteiger partial charge in [0.2, 0.25) is 0 Å². The number of hydrogen-bond acceptors (Lipinski definition) is 4. The minimum atomic E-state index is -0.869. The van der Waals surface area contributed by atoms with E-state index in [9.17, 15) is 23.5 Å². The fraction of sp³-hybridized carbons (Fsp3) is 0.263. The van der Waals surface area contributed by atoms with Crippen molar-refractivity contribution in [3.8, 4) is 5.69 Å². The molecule has 146 valence electrons. The molecular formula is C19H15BrF2N2O3S. The van der Waals surface area contributed by atoms with Crippen LogP contribution in [0.4, 0.5) is 8.78 Å². The summed E-state index contributed by atoms with van der Waals surface area (Å²) in [6.45, 7) is 0.402. The van der Waals surface area contributed by atoms with Crippen molar-refractivity contribution in [1.82, 2.24) is 9.47 Å². The summed E-state index contributed by atoms with van der Waals surface area (Å²) in [5.41, 5.74) is -1.07. The lowest BCUT2D eigenvalue weighted by molar-refractivity contribution is 0.0682. The number of benzene rings is 1. The van der Waals surface area contributed by atoms with E-state index >= 15 is 0 Å². The number of para-hydroxylation sites is 1. The van der Waals surface area contributed by atoms with Crippen LogP contribution in [-0.4, -0.2) is 39.7 Å². The highest BCUT2D eigenvalue weighted by atomic mass is 79.9. The average molecular weight is 469 g/mol. The molecule has 2 aromatic heterocycles.